The third-order valence-corrected chi connectivity index (χ3v) is 6.04. The second kappa shape index (κ2) is 8.76. The number of amides is 1. The molecule has 0 spiro atoms. The first-order valence-electron chi connectivity index (χ1n) is 10.1. The van der Waals surface area contributed by atoms with E-state index in [2.05, 4.69) is 20.8 Å². The van der Waals surface area contributed by atoms with Gasteiger partial charge in [0, 0.05) is 11.8 Å². The molecule has 5 rings (SSSR count). The highest BCUT2D eigenvalue weighted by atomic mass is 32.2. The lowest BCUT2D eigenvalue weighted by atomic mass is 10.1. The Morgan fingerprint density at radius 2 is 1.84 bits per heavy atom. The maximum atomic E-state index is 13.3. The summed E-state index contributed by atoms with van der Waals surface area (Å²) in [4.78, 5) is 17.9. The molecule has 2 aliphatic rings. The molecule has 160 valence electrons. The molecule has 3 aromatic carbocycles. The number of hydrazone groups is 1. The summed E-state index contributed by atoms with van der Waals surface area (Å²) in [6.45, 7) is 2.21. The molecule has 0 radical (unpaired) electrons. The third-order valence-electron chi connectivity index (χ3n) is 4.96. The molecular weight excluding hydrogens is 424 g/mol. The second-order valence-corrected chi connectivity index (χ2v) is 8.38. The molecule has 0 saturated heterocycles. The van der Waals surface area contributed by atoms with E-state index in [1.165, 1.54) is 11.8 Å². The Morgan fingerprint density at radius 3 is 2.66 bits per heavy atom. The van der Waals surface area contributed by atoms with Crippen molar-refractivity contribution in [2.75, 3.05) is 12.1 Å². The summed E-state index contributed by atoms with van der Waals surface area (Å²) >= 11 is 1.33. The first kappa shape index (κ1) is 20.1. The number of ether oxygens (including phenoxy) is 2. The number of benzene rings is 3. The van der Waals surface area contributed by atoms with E-state index in [0.29, 0.717) is 28.1 Å². The smallest absolute Gasteiger partial charge is 0.244 e. The van der Waals surface area contributed by atoms with Crippen LogP contribution in [-0.4, -0.2) is 28.8 Å². The number of thioether (sulfide) groups is 1. The predicted molar refractivity (Wildman–Crippen MR) is 127 cm³/mol. The molecule has 7 nitrogen and oxygen atoms in total. The van der Waals surface area contributed by atoms with Crippen LogP contribution in [0.2, 0.25) is 0 Å². The number of aliphatic imine (C=N–C) groups is 1. The molecule has 0 bridgehead atoms. The SMILES string of the molecule is Cc1ccc(N=C2NN=C(c3ccccc3)[C@@H](C(=O)Nc3ccc4c(c3)OCO4)S2)cc1. The molecule has 8 heteroatoms. The number of nitrogens with zero attached hydrogens (tertiary/aromatic N) is 2. The minimum atomic E-state index is -0.590. The number of hydrogen-bond donors (Lipinski definition) is 2. The van der Waals surface area contributed by atoms with Crippen LogP contribution in [0.1, 0.15) is 11.1 Å². The molecule has 0 saturated carbocycles. The molecule has 0 fully saturated rings. The maximum absolute atomic E-state index is 13.3. The maximum Gasteiger partial charge on any atom is 0.244 e. The predicted octanol–water partition coefficient (Wildman–Crippen LogP) is 4.46. The van der Waals surface area contributed by atoms with Crippen molar-refractivity contribution in [2.24, 2.45) is 10.1 Å². The molecule has 0 aliphatic carbocycles. The van der Waals surface area contributed by atoms with Crippen molar-refractivity contribution in [3.63, 3.8) is 0 Å². The largest absolute Gasteiger partial charge is 0.454 e. The van der Waals surface area contributed by atoms with Gasteiger partial charge in [-0.2, -0.15) is 5.10 Å². The minimum absolute atomic E-state index is 0.181. The monoisotopic (exact) mass is 444 g/mol. The number of fused-ring (bicyclic) bond motifs is 1. The zero-order valence-corrected chi connectivity index (χ0v) is 18.1. The second-order valence-electron chi connectivity index (χ2n) is 7.28. The summed E-state index contributed by atoms with van der Waals surface area (Å²) < 4.78 is 10.8. The Balaban J connectivity index is 1.43. The number of nitrogens with one attached hydrogen (secondary N) is 2. The van der Waals surface area contributed by atoms with Gasteiger partial charge in [0.25, 0.3) is 0 Å². The summed E-state index contributed by atoms with van der Waals surface area (Å²) in [7, 11) is 0. The van der Waals surface area contributed by atoms with Gasteiger partial charge < -0.3 is 14.8 Å². The average Bonchev–Trinajstić information content (AvgIpc) is 3.29. The van der Waals surface area contributed by atoms with Crippen molar-refractivity contribution < 1.29 is 14.3 Å². The lowest BCUT2D eigenvalue weighted by Gasteiger charge is -2.23. The first-order valence-corrected chi connectivity index (χ1v) is 11.0. The molecule has 1 amide bonds. The van der Waals surface area contributed by atoms with E-state index in [-0.39, 0.29) is 12.7 Å². The average molecular weight is 445 g/mol. The fourth-order valence-electron chi connectivity index (χ4n) is 3.33. The quantitative estimate of drug-likeness (QED) is 0.621. The van der Waals surface area contributed by atoms with Crippen LogP contribution in [0, 0.1) is 6.92 Å². The highest BCUT2D eigenvalue weighted by Gasteiger charge is 2.32. The molecule has 0 unspecified atom stereocenters. The van der Waals surface area contributed by atoms with Crippen molar-refractivity contribution in [3.05, 3.63) is 83.9 Å². The molecule has 1 atom stereocenters. The summed E-state index contributed by atoms with van der Waals surface area (Å²) in [5, 5.41) is 7.45. The lowest BCUT2D eigenvalue weighted by molar-refractivity contribution is -0.114. The van der Waals surface area contributed by atoms with Crippen LogP contribution in [-0.2, 0) is 4.79 Å². The van der Waals surface area contributed by atoms with Crippen molar-refractivity contribution in [3.8, 4) is 11.5 Å². The Labute approximate surface area is 189 Å². The Kier molecular flexibility index (Phi) is 5.51. The lowest BCUT2D eigenvalue weighted by Crippen LogP contribution is -2.40. The van der Waals surface area contributed by atoms with Gasteiger partial charge in [-0.15, -0.1) is 0 Å². The number of amidine groups is 1. The fraction of sp³-hybridized carbons (Fsp3) is 0.125. The summed E-state index contributed by atoms with van der Waals surface area (Å²) in [6, 6.07) is 22.8. The minimum Gasteiger partial charge on any atom is -0.454 e. The highest BCUT2D eigenvalue weighted by molar-refractivity contribution is 8.15. The molecule has 32 heavy (non-hydrogen) atoms. The standard InChI is InChI=1S/C24H20N4O3S/c1-15-7-9-17(10-8-15)26-24-28-27-21(16-5-3-2-4-6-16)22(32-24)23(29)25-18-11-12-19-20(13-18)31-14-30-19/h2-13,22H,14H2,1H3,(H,25,29)(H,26,28)/t22-/m0/s1. The van der Waals surface area contributed by atoms with E-state index in [1.807, 2.05) is 61.5 Å². The van der Waals surface area contributed by atoms with Crippen molar-refractivity contribution in [1.82, 2.24) is 5.43 Å². The van der Waals surface area contributed by atoms with E-state index in [1.54, 1.807) is 18.2 Å². The van der Waals surface area contributed by atoms with Crippen LogP contribution in [0.15, 0.2) is 82.9 Å². The van der Waals surface area contributed by atoms with E-state index >= 15 is 0 Å². The van der Waals surface area contributed by atoms with Gasteiger partial charge in [-0.25, -0.2) is 4.99 Å². The molecule has 2 aliphatic heterocycles. The Hall–Kier alpha value is -3.78. The molecular formula is C24H20N4O3S. The number of rotatable bonds is 4. The van der Waals surface area contributed by atoms with Crippen molar-refractivity contribution in [1.29, 1.82) is 0 Å². The number of aryl methyl sites for hydroxylation is 1. The number of hydrogen-bond acceptors (Lipinski definition) is 6. The van der Waals surface area contributed by atoms with Crippen LogP contribution in [0.3, 0.4) is 0 Å². The Bertz CT molecular complexity index is 1210. The van der Waals surface area contributed by atoms with Crippen LogP contribution in [0.5, 0.6) is 11.5 Å². The topological polar surface area (TPSA) is 84.3 Å². The van der Waals surface area contributed by atoms with Gasteiger partial charge in [0.2, 0.25) is 12.7 Å². The van der Waals surface area contributed by atoms with Crippen LogP contribution < -0.4 is 20.2 Å². The molecule has 3 aromatic rings. The van der Waals surface area contributed by atoms with Crippen LogP contribution in [0.4, 0.5) is 11.4 Å². The molecule has 2 heterocycles. The van der Waals surface area contributed by atoms with Gasteiger partial charge in [-0.05, 0) is 36.8 Å². The normalized spacial score (nSPS) is 18.1. The van der Waals surface area contributed by atoms with Gasteiger partial charge in [0.1, 0.15) is 5.25 Å². The number of carbonyl (C=O) groups is 1. The van der Waals surface area contributed by atoms with Gasteiger partial charge in [-0.1, -0.05) is 59.8 Å². The van der Waals surface area contributed by atoms with E-state index in [0.717, 1.165) is 16.8 Å². The van der Waals surface area contributed by atoms with Crippen LogP contribution >= 0.6 is 11.8 Å². The van der Waals surface area contributed by atoms with Gasteiger partial charge >= 0.3 is 0 Å². The summed E-state index contributed by atoms with van der Waals surface area (Å²) in [5.41, 5.74) is 7.08. The molecule has 0 aromatic heterocycles. The molecule has 2 N–H and O–H groups in total. The van der Waals surface area contributed by atoms with Gasteiger partial charge in [0.15, 0.2) is 16.7 Å². The van der Waals surface area contributed by atoms with Crippen molar-refractivity contribution in [2.45, 2.75) is 12.2 Å². The summed E-state index contributed by atoms with van der Waals surface area (Å²) in [6.07, 6.45) is 0. The van der Waals surface area contributed by atoms with E-state index < -0.39 is 5.25 Å². The zero-order chi connectivity index (χ0) is 21.9. The van der Waals surface area contributed by atoms with Crippen molar-refractivity contribution >= 4 is 39.9 Å². The highest BCUT2D eigenvalue weighted by Crippen LogP contribution is 2.34. The van der Waals surface area contributed by atoms with E-state index in [4.69, 9.17) is 9.47 Å². The number of carbonyl (C=O) groups excluding carboxylic acids is 1. The van der Waals surface area contributed by atoms with Gasteiger partial charge in [-0.3, -0.25) is 10.2 Å². The zero-order valence-electron chi connectivity index (χ0n) is 17.2. The third kappa shape index (κ3) is 4.31. The van der Waals surface area contributed by atoms with E-state index in [9.17, 15) is 4.79 Å². The summed E-state index contributed by atoms with van der Waals surface area (Å²) in [5.74, 6) is 1.08. The fourth-order valence-corrected chi connectivity index (χ4v) is 4.28. The Morgan fingerprint density at radius 1 is 1.06 bits per heavy atom. The first-order chi connectivity index (χ1) is 15.7. The van der Waals surface area contributed by atoms with Gasteiger partial charge in [0.05, 0.1) is 11.4 Å². The van der Waals surface area contributed by atoms with Crippen LogP contribution in [0.25, 0.3) is 0 Å². The number of anilines is 1.